The van der Waals surface area contributed by atoms with Crippen LogP contribution in [0, 0.1) is 0 Å². The van der Waals surface area contributed by atoms with Crippen LogP contribution in [-0.4, -0.2) is 47.1 Å². The van der Waals surface area contributed by atoms with E-state index in [9.17, 15) is 14.4 Å². The molecule has 1 amide bonds. The van der Waals surface area contributed by atoms with E-state index >= 15 is 0 Å². The molecule has 1 aliphatic heterocycles. The van der Waals surface area contributed by atoms with E-state index in [1.807, 2.05) is 24.3 Å². The Morgan fingerprint density at radius 2 is 1.91 bits per heavy atom. The standard InChI is InChI=1S/C24H28N4O4/c1-3-28-19-11-10-16(14-18(19)26-23(30)24(28)31)22(29)25-15-20(27-12-6-7-13-27)17-8-4-5-9-21(17)32-2/h4-5,8-11,14,20H,3,6-7,12-13,15H2,1-2H3,(H,25,29)(H,26,30). The molecule has 8 heteroatoms. The zero-order valence-corrected chi connectivity index (χ0v) is 18.4. The number of H-pyrrole nitrogens is 1. The van der Waals surface area contributed by atoms with Gasteiger partial charge in [-0.1, -0.05) is 18.2 Å². The zero-order chi connectivity index (χ0) is 22.7. The number of ether oxygens (including phenoxy) is 1. The molecule has 8 nitrogen and oxygen atoms in total. The van der Waals surface area contributed by atoms with Gasteiger partial charge in [-0.25, -0.2) is 0 Å². The fourth-order valence-corrected chi connectivity index (χ4v) is 4.46. The lowest BCUT2D eigenvalue weighted by molar-refractivity contribution is 0.0937. The Balaban J connectivity index is 1.59. The van der Waals surface area contributed by atoms with E-state index in [2.05, 4.69) is 15.2 Å². The molecule has 0 spiro atoms. The predicted molar refractivity (Wildman–Crippen MR) is 123 cm³/mol. The number of hydrogen-bond acceptors (Lipinski definition) is 5. The molecule has 1 aliphatic rings. The summed E-state index contributed by atoms with van der Waals surface area (Å²) in [6, 6.07) is 12.9. The van der Waals surface area contributed by atoms with Gasteiger partial charge in [0, 0.05) is 24.2 Å². The van der Waals surface area contributed by atoms with E-state index in [1.165, 1.54) is 4.57 Å². The van der Waals surface area contributed by atoms with Gasteiger partial charge in [0.25, 0.3) is 5.91 Å². The average Bonchev–Trinajstić information content (AvgIpc) is 3.34. The van der Waals surface area contributed by atoms with Crippen LogP contribution in [0.15, 0.2) is 52.1 Å². The fraction of sp³-hybridized carbons (Fsp3) is 0.375. The Labute approximate surface area is 185 Å². The maximum Gasteiger partial charge on any atom is 0.316 e. The van der Waals surface area contributed by atoms with Crippen LogP contribution in [0.2, 0.25) is 0 Å². The quantitative estimate of drug-likeness (QED) is 0.554. The first-order valence-corrected chi connectivity index (χ1v) is 11.0. The molecule has 4 rings (SSSR count). The van der Waals surface area contributed by atoms with Crippen LogP contribution >= 0.6 is 0 Å². The number of aryl methyl sites for hydroxylation is 1. The number of carbonyl (C=O) groups is 1. The number of likely N-dealkylation sites (tertiary alicyclic amines) is 1. The van der Waals surface area contributed by atoms with Gasteiger partial charge in [0.1, 0.15) is 5.75 Å². The van der Waals surface area contributed by atoms with E-state index in [0.29, 0.717) is 29.7 Å². The van der Waals surface area contributed by atoms with Crippen molar-refractivity contribution in [1.29, 1.82) is 0 Å². The van der Waals surface area contributed by atoms with Crippen LogP contribution < -0.4 is 21.2 Å². The summed E-state index contributed by atoms with van der Waals surface area (Å²) in [5.41, 5.74) is 1.24. The molecule has 1 saturated heterocycles. The summed E-state index contributed by atoms with van der Waals surface area (Å²) in [6.07, 6.45) is 2.27. The lowest BCUT2D eigenvalue weighted by atomic mass is 10.0. The lowest BCUT2D eigenvalue weighted by Gasteiger charge is -2.29. The maximum atomic E-state index is 13.0. The third-order valence-corrected chi connectivity index (χ3v) is 6.09. The molecule has 168 valence electrons. The first-order valence-electron chi connectivity index (χ1n) is 11.0. The Bertz CT molecular complexity index is 1240. The number of nitrogens with one attached hydrogen (secondary N) is 2. The van der Waals surface area contributed by atoms with Crippen molar-refractivity contribution in [3.8, 4) is 5.75 Å². The van der Waals surface area contributed by atoms with E-state index in [0.717, 1.165) is 37.2 Å². The number of rotatable bonds is 7. The van der Waals surface area contributed by atoms with Gasteiger partial charge in [0.05, 0.1) is 24.2 Å². The summed E-state index contributed by atoms with van der Waals surface area (Å²) < 4.78 is 6.97. The molecule has 1 aromatic heterocycles. The van der Waals surface area contributed by atoms with Crippen molar-refractivity contribution in [3.63, 3.8) is 0 Å². The number of carbonyl (C=O) groups excluding carboxylic acids is 1. The first-order chi connectivity index (χ1) is 15.5. The number of aromatic amines is 1. The highest BCUT2D eigenvalue weighted by atomic mass is 16.5. The molecule has 0 bridgehead atoms. The van der Waals surface area contributed by atoms with Gasteiger partial charge in [-0.15, -0.1) is 0 Å². The second-order valence-electron chi connectivity index (χ2n) is 7.95. The topological polar surface area (TPSA) is 96.4 Å². The number of methoxy groups -OCH3 is 1. The van der Waals surface area contributed by atoms with Gasteiger partial charge < -0.3 is 19.6 Å². The van der Waals surface area contributed by atoms with Crippen molar-refractivity contribution in [3.05, 3.63) is 74.3 Å². The molecule has 1 unspecified atom stereocenters. The van der Waals surface area contributed by atoms with Crippen molar-refractivity contribution in [2.24, 2.45) is 0 Å². The monoisotopic (exact) mass is 436 g/mol. The molecule has 1 atom stereocenters. The van der Waals surface area contributed by atoms with Crippen molar-refractivity contribution in [2.75, 3.05) is 26.7 Å². The molecule has 2 aromatic carbocycles. The Morgan fingerprint density at radius 1 is 1.16 bits per heavy atom. The molecule has 32 heavy (non-hydrogen) atoms. The number of benzene rings is 2. The molecule has 0 aliphatic carbocycles. The molecular weight excluding hydrogens is 408 g/mol. The molecule has 0 saturated carbocycles. The van der Waals surface area contributed by atoms with Gasteiger partial charge in [0.15, 0.2) is 0 Å². The Kier molecular flexibility index (Phi) is 6.41. The number of aromatic nitrogens is 2. The third-order valence-electron chi connectivity index (χ3n) is 6.09. The zero-order valence-electron chi connectivity index (χ0n) is 18.4. The van der Waals surface area contributed by atoms with Crippen LogP contribution in [0.25, 0.3) is 11.0 Å². The van der Waals surface area contributed by atoms with Crippen molar-refractivity contribution < 1.29 is 9.53 Å². The smallest absolute Gasteiger partial charge is 0.316 e. The number of hydrogen-bond donors (Lipinski definition) is 2. The third kappa shape index (κ3) is 4.18. The first kappa shape index (κ1) is 21.8. The minimum absolute atomic E-state index is 0.00290. The van der Waals surface area contributed by atoms with Crippen LogP contribution in [0.1, 0.15) is 41.7 Å². The second kappa shape index (κ2) is 9.40. The van der Waals surface area contributed by atoms with Crippen molar-refractivity contribution >= 4 is 16.9 Å². The average molecular weight is 437 g/mol. The Morgan fingerprint density at radius 3 is 2.62 bits per heavy atom. The highest BCUT2D eigenvalue weighted by Gasteiger charge is 2.26. The van der Waals surface area contributed by atoms with E-state index in [4.69, 9.17) is 4.74 Å². The molecule has 3 aromatic rings. The summed E-state index contributed by atoms with van der Waals surface area (Å²) in [6.45, 7) is 4.56. The van der Waals surface area contributed by atoms with Crippen LogP contribution in [-0.2, 0) is 6.54 Å². The Hall–Kier alpha value is -3.39. The van der Waals surface area contributed by atoms with Gasteiger partial charge in [-0.3, -0.25) is 19.3 Å². The van der Waals surface area contributed by atoms with Crippen LogP contribution in [0.3, 0.4) is 0 Å². The van der Waals surface area contributed by atoms with E-state index in [1.54, 1.807) is 32.2 Å². The summed E-state index contributed by atoms with van der Waals surface area (Å²) >= 11 is 0. The van der Waals surface area contributed by atoms with Crippen molar-refractivity contribution in [1.82, 2.24) is 19.8 Å². The molecule has 2 heterocycles. The normalized spacial score (nSPS) is 15.1. The van der Waals surface area contributed by atoms with Gasteiger partial charge in [0.2, 0.25) is 0 Å². The van der Waals surface area contributed by atoms with Crippen LogP contribution in [0.5, 0.6) is 5.75 Å². The van der Waals surface area contributed by atoms with E-state index in [-0.39, 0.29) is 11.9 Å². The molecule has 0 radical (unpaired) electrons. The summed E-state index contributed by atoms with van der Waals surface area (Å²) in [7, 11) is 1.66. The molecular formula is C24H28N4O4. The molecule has 1 fully saturated rings. The number of fused-ring (bicyclic) bond motifs is 1. The highest BCUT2D eigenvalue weighted by Crippen LogP contribution is 2.31. The fourth-order valence-electron chi connectivity index (χ4n) is 4.46. The second-order valence-corrected chi connectivity index (χ2v) is 7.95. The lowest BCUT2D eigenvalue weighted by Crippen LogP contribution is -2.37. The van der Waals surface area contributed by atoms with Gasteiger partial charge in [-0.2, -0.15) is 0 Å². The minimum atomic E-state index is -0.692. The maximum absolute atomic E-state index is 13.0. The highest BCUT2D eigenvalue weighted by molar-refractivity contribution is 5.97. The number of nitrogens with zero attached hydrogens (tertiary/aromatic N) is 2. The number of para-hydroxylation sites is 1. The summed E-state index contributed by atoms with van der Waals surface area (Å²) in [5, 5.41) is 3.05. The van der Waals surface area contributed by atoms with Gasteiger partial charge >= 0.3 is 11.1 Å². The molecule has 2 N–H and O–H groups in total. The predicted octanol–water partition coefficient (Wildman–Crippen LogP) is 2.29. The van der Waals surface area contributed by atoms with Crippen molar-refractivity contribution in [2.45, 2.75) is 32.4 Å². The number of amides is 1. The van der Waals surface area contributed by atoms with E-state index < -0.39 is 11.1 Å². The van der Waals surface area contributed by atoms with Crippen LogP contribution in [0.4, 0.5) is 0 Å². The SMILES string of the molecule is CCn1c(=O)c(=O)[nH]c2cc(C(=O)NCC(c3ccccc3OC)N3CCCC3)ccc21. The largest absolute Gasteiger partial charge is 0.496 e. The summed E-state index contributed by atoms with van der Waals surface area (Å²) in [4.78, 5) is 41.9. The minimum Gasteiger partial charge on any atom is -0.496 e. The summed E-state index contributed by atoms with van der Waals surface area (Å²) in [5.74, 6) is 0.570. The van der Waals surface area contributed by atoms with Gasteiger partial charge in [-0.05, 0) is 57.1 Å².